The third kappa shape index (κ3) is 5.33. The van der Waals surface area contributed by atoms with Crippen LogP contribution in [0.4, 0.5) is 0 Å². The minimum atomic E-state index is -3.41. The van der Waals surface area contributed by atoms with Crippen LogP contribution in [-0.2, 0) is 15.0 Å². The Morgan fingerprint density at radius 1 is 1.31 bits per heavy atom. The lowest BCUT2D eigenvalue weighted by Crippen LogP contribution is -2.47. The molecule has 1 aliphatic heterocycles. The van der Waals surface area contributed by atoms with E-state index in [2.05, 4.69) is 5.32 Å². The van der Waals surface area contributed by atoms with Crippen LogP contribution in [0.1, 0.15) is 12.8 Å². The highest BCUT2D eigenvalue weighted by molar-refractivity contribution is 7.86. The molecule has 1 aromatic rings. The van der Waals surface area contributed by atoms with Crippen LogP contribution >= 0.6 is 0 Å². The Bertz CT molecular complexity index is 708. The average Bonchev–Trinajstić information content (AvgIpc) is 2.65. The maximum absolute atomic E-state index is 12.2. The van der Waals surface area contributed by atoms with E-state index in [-0.39, 0.29) is 18.4 Å². The van der Waals surface area contributed by atoms with Crippen LogP contribution in [0.25, 0.3) is 0 Å². The number of nitrogens with zero attached hydrogens (tertiary/aromatic N) is 2. The largest absolute Gasteiger partial charge is 0.493 e. The maximum atomic E-state index is 12.2. The van der Waals surface area contributed by atoms with Gasteiger partial charge in [0.05, 0.1) is 7.11 Å². The number of piperidine rings is 1. The van der Waals surface area contributed by atoms with Crippen LogP contribution in [0, 0.1) is 5.92 Å². The summed E-state index contributed by atoms with van der Waals surface area (Å²) < 4.78 is 37.8. The van der Waals surface area contributed by atoms with Gasteiger partial charge in [-0.3, -0.25) is 4.79 Å². The summed E-state index contributed by atoms with van der Waals surface area (Å²) in [7, 11) is 1.18. The van der Waals surface area contributed by atoms with Crippen molar-refractivity contribution in [1.82, 2.24) is 13.9 Å². The minimum absolute atomic E-state index is 0.0914. The number of para-hydroxylation sites is 2. The van der Waals surface area contributed by atoms with Gasteiger partial charge in [-0.1, -0.05) is 12.1 Å². The Hall–Kier alpha value is -1.84. The van der Waals surface area contributed by atoms with Crippen molar-refractivity contribution in [2.24, 2.45) is 5.92 Å². The van der Waals surface area contributed by atoms with Gasteiger partial charge in [-0.05, 0) is 30.9 Å². The number of rotatable bonds is 8. The molecule has 26 heavy (non-hydrogen) atoms. The minimum Gasteiger partial charge on any atom is -0.493 e. The molecule has 1 unspecified atom stereocenters. The van der Waals surface area contributed by atoms with Crippen molar-refractivity contribution in [2.75, 3.05) is 47.4 Å². The van der Waals surface area contributed by atoms with E-state index in [9.17, 15) is 13.2 Å². The van der Waals surface area contributed by atoms with Crippen LogP contribution in [0.2, 0.25) is 0 Å². The van der Waals surface area contributed by atoms with E-state index >= 15 is 0 Å². The van der Waals surface area contributed by atoms with Crippen molar-refractivity contribution in [3.8, 4) is 11.5 Å². The first kappa shape index (κ1) is 20.5. The Morgan fingerprint density at radius 3 is 2.65 bits per heavy atom. The first-order chi connectivity index (χ1) is 12.3. The molecule has 0 aromatic heterocycles. The molecule has 2 rings (SSSR count). The number of carbonyl (C=O) groups excluding carboxylic acids is 1. The molecule has 1 aliphatic rings. The Morgan fingerprint density at radius 2 is 2.00 bits per heavy atom. The topological polar surface area (TPSA) is 88.2 Å². The monoisotopic (exact) mass is 385 g/mol. The van der Waals surface area contributed by atoms with Crippen LogP contribution in [0.5, 0.6) is 11.5 Å². The molecular weight excluding hydrogens is 358 g/mol. The van der Waals surface area contributed by atoms with Crippen LogP contribution in [0.15, 0.2) is 24.3 Å². The molecule has 1 aromatic carbocycles. The molecule has 1 atom stereocenters. The van der Waals surface area contributed by atoms with Gasteiger partial charge in [0.1, 0.15) is 0 Å². The summed E-state index contributed by atoms with van der Waals surface area (Å²) in [5.41, 5.74) is 0. The van der Waals surface area contributed by atoms with E-state index < -0.39 is 10.2 Å². The van der Waals surface area contributed by atoms with Gasteiger partial charge in [0, 0.05) is 33.7 Å². The zero-order valence-corrected chi connectivity index (χ0v) is 16.3. The number of nitrogens with one attached hydrogen (secondary N) is 1. The third-order valence-corrected chi connectivity index (χ3v) is 6.19. The highest BCUT2D eigenvalue weighted by Crippen LogP contribution is 2.25. The quantitative estimate of drug-likeness (QED) is 0.712. The molecule has 0 radical (unpaired) electrons. The second-order valence-electron chi connectivity index (χ2n) is 6.40. The van der Waals surface area contributed by atoms with Crippen LogP contribution in [-0.4, -0.2) is 70.4 Å². The van der Waals surface area contributed by atoms with Gasteiger partial charge in [-0.25, -0.2) is 0 Å². The molecule has 1 heterocycles. The number of ether oxygens (including phenoxy) is 2. The van der Waals surface area contributed by atoms with Gasteiger partial charge >= 0.3 is 0 Å². The van der Waals surface area contributed by atoms with Gasteiger partial charge < -0.3 is 14.8 Å². The molecule has 1 N–H and O–H groups in total. The van der Waals surface area contributed by atoms with Gasteiger partial charge in [0.25, 0.3) is 16.1 Å². The van der Waals surface area contributed by atoms with E-state index in [1.165, 1.54) is 22.7 Å². The Balaban J connectivity index is 1.80. The normalized spacial score (nSPS) is 18.5. The molecule has 8 nitrogen and oxygen atoms in total. The maximum Gasteiger partial charge on any atom is 0.281 e. The SMILES string of the molecule is COc1ccccc1OCC(=O)NCC1CCCN(S(=O)(=O)N(C)C)C1. The first-order valence-electron chi connectivity index (χ1n) is 8.54. The molecule has 0 saturated carbocycles. The lowest BCUT2D eigenvalue weighted by molar-refractivity contribution is -0.123. The molecule has 0 bridgehead atoms. The number of amides is 1. The van der Waals surface area contributed by atoms with Gasteiger partial charge in [-0.15, -0.1) is 0 Å². The fourth-order valence-corrected chi connectivity index (χ4v) is 4.05. The molecule has 1 amide bonds. The summed E-state index contributed by atoms with van der Waals surface area (Å²) in [6.07, 6.45) is 1.67. The molecule has 1 fully saturated rings. The van der Waals surface area contributed by atoms with E-state index in [4.69, 9.17) is 9.47 Å². The van der Waals surface area contributed by atoms with Gasteiger partial charge in [0.15, 0.2) is 18.1 Å². The van der Waals surface area contributed by atoms with Gasteiger partial charge in [0.2, 0.25) is 0 Å². The predicted octanol–water partition coefficient (Wildman–Crippen LogP) is 0.709. The second kappa shape index (κ2) is 9.20. The summed E-state index contributed by atoms with van der Waals surface area (Å²) in [6.45, 7) is 1.23. The summed E-state index contributed by atoms with van der Waals surface area (Å²) in [6, 6.07) is 7.12. The number of hydrogen-bond donors (Lipinski definition) is 1. The second-order valence-corrected chi connectivity index (χ2v) is 8.54. The number of carbonyl (C=O) groups is 1. The third-order valence-electron chi connectivity index (χ3n) is 4.29. The lowest BCUT2D eigenvalue weighted by atomic mass is 10.00. The van der Waals surface area contributed by atoms with Gasteiger partial charge in [-0.2, -0.15) is 17.0 Å². The smallest absolute Gasteiger partial charge is 0.281 e. The fourth-order valence-electron chi connectivity index (χ4n) is 2.82. The molecule has 0 spiro atoms. The molecule has 0 aliphatic carbocycles. The van der Waals surface area contributed by atoms with Crippen LogP contribution < -0.4 is 14.8 Å². The summed E-state index contributed by atoms with van der Waals surface area (Å²) in [4.78, 5) is 12.0. The van der Waals surface area contributed by atoms with Crippen molar-refractivity contribution in [3.05, 3.63) is 24.3 Å². The fraction of sp³-hybridized carbons (Fsp3) is 0.588. The number of methoxy groups -OCH3 is 1. The van der Waals surface area contributed by atoms with E-state index in [1.807, 2.05) is 6.07 Å². The molecule has 146 valence electrons. The van der Waals surface area contributed by atoms with E-state index in [0.717, 1.165) is 12.8 Å². The zero-order chi connectivity index (χ0) is 19.2. The Labute approximate surface area is 155 Å². The molecule has 1 saturated heterocycles. The Kier molecular flexibility index (Phi) is 7.24. The van der Waals surface area contributed by atoms with Crippen molar-refractivity contribution in [3.63, 3.8) is 0 Å². The lowest BCUT2D eigenvalue weighted by Gasteiger charge is -2.33. The highest BCUT2D eigenvalue weighted by Gasteiger charge is 2.30. The van der Waals surface area contributed by atoms with E-state index in [0.29, 0.717) is 31.1 Å². The average molecular weight is 385 g/mol. The van der Waals surface area contributed by atoms with Crippen molar-refractivity contribution < 1.29 is 22.7 Å². The summed E-state index contributed by atoms with van der Waals surface area (Å²) >= 11 is 0. The van der Waals surface area contributed by atoms with Crippen molar-refractivity contribution in [1.29, 1.82) is 0 Å². The standard InChI is InChI=1S/C17H27N3O5S/c1-19(2)26(22,23)20-10-6-7-14(12-20)11-18-17(21)13-25-16-9-5-4-8-15(16)24-3/h4-5,8-9,14H,6-7,10-13H2,1-3H3,(H,18,21). The molecule has 9 heteroatoms. The van der Waals surface area contributed by atoms with Crippen molar-refractivity contribution in [2.45, 2.75) is 12.8 Å². The summed E-state index contributed by atoms with van der Waals surface area (Å²) in [5.74, 6) is 0.917. The molecular formula is C17H27N3O5S. The van der Waals surface area contributed by atoms with E-state index in [1.54, 1.807) is 25.3 Å². The number of benzene rings is 1. The van der Waals surface area contributed by atoms with Crippen LogP contribution in [0.3, 0.4) is 0 Å². The number of hydrogen-bond acceptors (Lipinski definition) is 5. The predicted molar refractivity (Wildman–Crippen MR) is 98.4 cm³/mol. The highest BCUT2D eigenvalue weighted by atomic mass is 32.2. The zero-order valence-electron chi connectivity index (χ0n) is 15.5. The summed E-state index contributed by atoms with van der Waals surface area (Å²) in [5, 5.41) is 2.82. The first-order valence-corrected chi connectivity index (χ1v) is 9.94. The van der Waals surface area contributed by atoms with Crippen molar-refractivity contribution >= 4 is 16.1 Å².